The topological polar surface area (TPSA) is 47.6 Å². The first-order valence-electron chi connectivity index (χ1n) is 8.70. The van der Waals surface area contributed by atoms with Crippen LogP contribution in [0.1, 0.15) is 37.7 Å². The smallest absolute Gasteiger partial charge is 0.407 e. The van der Waals surface area contributed by atoms with E-state index in [1.807, 2.05) is 37.4 Å². The van der Waals surface area contributed by atoms with E-state index in [-0.39, 0.29) is 17.7 Å². The molecule has 4 aliphatic rings. The number of amides is 1. The van der Waals surface area contributed by atoms with Gasteiger partial charge in [0, 0.05) is 13.2 Å². The summed E-state index contributed by atoms with van der Waals surface area (Å²) in [5, 5.41) is 3.16. The number of carbonyl (C=O) groups is 1. The molecule has 124 valence electrons. The highest BCUT2D eigenvalue weighted by Crippen LogP contribution is 2.56. The predicted molar refractivity (Wildman–Crippen MR) is 86.8 cm³/mol. The third-order valence-electron chi connectivity index (χ3n) is 6.15. The molecule has 4 heteroatoms. The molecule has 4 bridgehead atoms. The van der Waals surface area contributed by atoms with Gasteiger partial charge in [-0.2, -0.15) is 0 Å². The molecular formula is C19H25NO3. The normalized spacial score (nSPS) is 37.6. The summed E-state index contributed by atoms with van der Waals surface area (Å²) in [7, 11) is 1.85. The third kappa shape index (κ3) is 2.85. The summed E-state index contributed by atoms with van der Waals surface area (Å²) < 4.78 is 11.3. The maximum Gasteiger partial charge on any atom is 0.407 e. The molecule has 1 N–H and O–H groups in total. The van der Waals surface area contributed by atoms with Gasteiger partial charge in [-0.05, 0) is 55.4 Å². The minimum atomic E-state index is -0.280. The fraction of sp³-hybridized carbons (Fsp3) is 0.632. The molecule has 0 radical (unpaired) electrons. The number of hydrogen-bond acceptors (Lipinski definition) is 3. The van der Waals surface area contributed by atoms with Crippen LogP contribution in [0.25, 0.3) is 0 Å². The van der Waals surface area contributed by atoms with E-state index in [0.717, 1.165) is 24.3 Å². The van der Waals surface area contributed by atoms with Crippen LogP contribution in [0, 0.1) is 17.8 Å². The first-order chi connectivity index (χ1) is 11.2. The van der Waals surface area contributed by atoms with Gasteiger partial charge < -0.3 is 14.8 Å². The maximum absolute atomic E-state index is 12.2. The van der Waals surface area contributed by atoms with Gasteiger partial charge in [0.25, 0.3) is 0 Å². The van der Waals surface area contributed by atoms with Gasteiger partial charge in [0.2, 0.25) is 0 Å². The molecule has 1 unspecified atom stereocenters. The lowest BCUT2D eigenvalue weighted by molar-refractivity contribution is -0.156. The highest BCUT2D eigenvalue weighted by atomic mass is 16.5. The van der Waals surface area contributed by atoms with Crippen LogP contribution in [0.15, 0.2) is 30.3 Å². The molecule has 4 nitrogen and oxygen atoms in total. The lowest BCUT2D eigenvalue weighted by Crippen LogP contribution is -2.62. The van der Waals surface area contributed by atoms with Gasteiger partial charge in [0.1, 0.15) is 6.61 Å². The van der Waals surface area contributed by atoms with Crippen molar-refractivity contribution >= 4 is 6.09 Å². The van der Waals surface area contributed by atoms with Crippen LogP contribution in [-0.4, -0.2) is 24.8 Å². The molecule has 0 heterocycles. The van der Waals surface area contributed by atoms with Crippen molar-refractivity contribution in [2.24, 2.45) is 17.8 Å². The van der Waals surface area contributed by atoms with E-state index in [4.69, 9.17) is 9.47 Å². The van der Waals surface area contributed by atoms with Gasteiger partial charge >= 0.3 is 6.09 Å². The van der Waals surface area contributed by atoms with Crippen molar-refractivity contribution < 1.29 is 14.3 Å². The number of nitrogens with one attached hydrogen (secondary N) is 1. The van der Waals surface area contributed by atoms with Crippen LogP contribution in [-0.2, 0) is 16.1 Å². The zero-order valence-electron chi connectivity index (χ0n) is 13.7. The Labute approximate surface area is 137 Å². The Morgan fingerprint density at radius 3 is 2.52 bits per heavy atom. The van der Waals surface area contributed by atoms with Gasteiger partial charge in [-0.15, -0.1) is 0 Å². The van der Waals surface area contributed by atoms with Gasteiger partial charge in [0.15, 0.2) is 0 Å². The molecule has 1 aromatic rings. The number of ether oxygens (including phenoxy) is 2. The zero-order chi connectivity index (χ0) is 15.9. The second kappa shape index (κ2) is 5.82. The van der Waals surface area contributed by atoms with Gasteiger partial charge in [-0.1, -0.05) is 30.3 Å². The molecule has 5 atom stereocenters. The predicted octanol–water partition coefficient (Wildman–Crippen LogP) is 3.51. The fourth-order valence-electron chi connectivity index (χ4n) is 5.34. The molecule has 4 aliphatic carbocycles. The van der Waals surface area contributed by atoms with E-state index >= 15 is 0 Å². The van der Waals surface area contributed by atoms with Crippen molar-refractivity contribution in [2.45, 2.75) is 50.4 Å². The lowest BCUT2D eigenvalue weighted by atomic mass is 9.52. The van der Waals surface area contributed by atoms with Gasteiger partial charge in [-0.3, -0.25) is 0 Å². The van der Waals surface area contributed by atoms with Crippen molar-refractivity contribution in [3.8, 4) is 0 Å². The third-order valence-corrected chi connectivity index (χ3v) is 6.15. The average molecular weight is 315 g/mol. The largest absolute Gasteiger partial charge is 0.445 e. The van der Waals surface area contributed by atoms with E-state index in [1.54, 1.807) is 0 Å². The number of alkyl carbamates (subject to hydrolysis) is 1. The quantitative estimate of drug-likeness (QED) is 0.925. The van der Waals surface area contributed by atoms with E-state index in [2.05, 4.69) is 5.32 Å². The van der Waals surface area contributed by atoms with Crippen molar-refractivity contribution in [1.29, 1.82) is 0 Å². The Hall–Kier alpha value is -1.55. The SMILES string of the molecule is CO[C@]12CC3C[C@H](C1)[C@H](NC(=O)OCc1ccccc1)[C@@H](C3)C2. The van der Waals surface area contributed by atoms with Crippen LogP contribution in [0.5, 0.6) is 0 Å². The van der Waals surface area contributed by atoms with Crippen LogP contribution in [0.4, 0.5) is 4.79 Å². The summed E-state index contributed by atoms with van der Waals surface area (Å²) in [5.41, 5.74) is 1.11. The highest BCUT2D eigenvalue weighted by molar-refractivity contribution is 5.67. The maximum atomic E-state index is 12.2. The molecule has 1 amide bonds. The standard InChI is InChI=1S/C19H25NO3/c1-22-19-9-14-7-15(10-19)17(16(8-14)11-19)20-18(21)23-12-13-5-3-2-4-6-13/h2-6,14-17H,7-12H2,1H3,(H,20,21)/t14?,15-,16+,17+,19-. The zero-order valence-corrected chi connectivity index (χ0v) is 13.7. The Bertz CT molecular complexity index is 557. The fourth-order valence-corrected chi connectivity index (χ4v) is 5.34. The summed E-state index contributed by atoms with van der Waals surface area (Å²) in [5.74, 6) is 1.88. The minimum absolute atomic E-state index is 0.0859. The Balaban J connectivity index is 1.35. The number of methoxy groups -OCH3 is 1. The Morgan fingerprint density at radius 2 is 1.87 bits per heavy atom. The molecule has 23 heavy (non-hydrogen) atoms. The Morgan fingerprint density at radius 1 is 1.17 bits per heavy atom. The number of benzene rings is 1. The summed E-state index contributed by atoms with van der Waals surface area (Å²) in [6, 6.07) is 10.1. The molecule has 0 saturated heterocycles. The molecule has 1 aromatic carbocycles. The van der Waals surface area contributed by atoms with E-state index in [1.165, 1.54) is 19.3 Å². The monoisotopic (exact) mass is 315 g/mol. The molecule has 0 aromatic heterocycles. The van der Waals surface area contributed by atoms with Crippen molar-refractivity contribution in [3.05, 3.63) is 35.9 Å². The van der Waals surface area contributed by atoms with Gasteiger partial charge in [-0.25, -0.2) is 4.79 Å². The van der Waals surface area contributed by atoms with Crippen LogP contribution in [0.3, 0.4) is 0 Å². The molecule has 4 fully saturated rings. The number of hydrogen-bond donors (Lipinski definition) is 1. The lowest BCUT2D eigenvalue weighted by Gasteiger charge is -2.59. The first kappa shape index (κ1) is 15.0. The summed E-state index contributed by atoms with van der Waals surface area (Å²) >= 11 is 0. The highest BCUT2D eigenvalue weighted by Gasteiger charge is 2.56. The van der Waals surface area contributed by atoms with Crippen molar-refractivity contribution in [2.75, 3.05) is 7.11 Å². The van der Waals surface area contributed by atoms with Crippen molar-refractivity contribution in [1.82, 2.24) is 5.32 Å². The van der Waals surface area contributed by atoms with Crippen LogP contribution in [0.2, 0.25) is 0 Å². The number of rotatable bonds is 4. The van der Waals surface area contributed by atoms with Gasteiger partial charge in [0.05, 0.1) is 5.60 Å². The average Bonchev–Trinajstić information content (AvgIpc) is 2.57. The first-order valence-corrected chi connectivity index (χ1v) is 8.70. The molecule has 0 aliphatic heterocycles. The Kier molecular flexibility index (Phi) is 3.80. The van der Waals surface area contributed by atoms with Crippen molar-refractivity contribution in [3.63, 3.8) is 0 Å². The van der Waals surface area contributed by atoms with E-state index in [0.29, 0.717) is 18.4 Å². The van der Waals surface area contributed by atoms with E-state index < -0.39 is 0 Å². The summed E-state index contributed by atoms with van der Waals surface area (Å²) in [6.45, 7) is 0.333. The molecule has 0 spiro atoms. The second-order valence-corrected chi connectivity index (χ2v) is 7.59. The number of carbonyl (C=O) groups excluding carboxylic acids is 1. The minimum Gasteiger partial charge on any atom is -0.445 e. The van der Waals surface area contributed by atoms with Crippen LogP contribution >= 0.6 is 0 Å². The summed E-state index contributed by atoms with van der Waals surface area (Å²) in [4.78, 5) is 12.2. The summed E-state index contributed by atoms with van der Waals surface area (Å²) in [6.07, 6.45) is 5.55. The second-order valence-electron chi connectivity index (χ2n) is 7.59. The van der Waals surface area contributed by atoms with Crippen LogP contribution < -0.4 is 5.32 Å². The molecule has 5 rings (SSSR count). The molecular weight excluding hydrogens is 290 g/mol. The van der Waals surface area contributed by atoms with E-state index in [9.17, 15) is 4.79 Å². The molecule has 4 saturated carbocycles.